The Morgan fingerprint density at radius 1 is 1.04 bits per heavy atom. The normalized spacial score (nSPS) is 28.9. The molecule has 4 aliphatic carbocycles. The third kappa shape index (κ3) is 6.43. The van der Waals surface area contributed by atoms with E-state index < -0.39 is 6.10 Å². The molecule has 1 aliphatic heterocycles. The molecule has 8 nitrogen and oxygen atoms in total. The number of likely N-dealkylation sites (tertiary alicyclic amines) is 1. The number of carbonyl (C=O) groups excluding carboxylic acids is 2. The van der Waals surface area contributed by atoms with Crippen molar-refractivity contribution < 1.29 is 24.2 Å². The fourth-order valence-corrected chi connectivity index (χ4v) is 11.2. The second kappa shape index (κ2) is 14.8. The van der Waals surface area contributed by atoms with Gasteiger partial charge in [-0.2, -0.15) is 0 Å². The topological polar surface area (TPSA) is 114 Å². The summed E-state index contributed by atoms with van der Waals surface area (Å²) in [6, 6.07) is 21.0. The lowest BCUT2D eigenvalue weighted by Crippen LogP contribution is -2.56. The third-order valence-electron chi connectivity index (χ3n) is 14.0. The molecule has 0 radical (unpaired) electrons. The van der Waals surface area contributed by atoms with E-state index in [1.807, 2.05) is 4.90 Å². The van der Waals surface area contributed by atoms with Gasteiger partial charge in [-0.05, 0) is 120 Å². The van der Waals surface area contributed by atoms with Crippen molar-refractivity contribution in [2.45, 2.75) is 109 Å². The largest absolute Gasteiger partial charge is 0.448 e. The summed E-state index contributed by atoms with van der Waals surface area (Å²) in [5, 5.41) is 14.5. The van der Waals surface area contributed by atoms with Gasteiger partial charge in [-0.1, -0.05) is 93.1 Å². The van der Waals surface area contributed by atoms with Crippen LogP contribution < -0.4 is 11.1 Å². The van der Waals surface area contributed by atoms with Crippen molar-refractivity contribution in [1.82, 2.24) is 10.2 Å². The first kappa shape index (κ1) is 36.8. The Balaban J connectivity index is 0.979. The molecule has 8 rings (SSSR count). The fourth-order valence-electron chi connectivity index (χ4n) is 11.2. The standard InChI is InChI=1S/C46H57N3O5/c1-27-22-42(50)43(49(25-27)45(52)53-26-40-35-12-7-5-10-33(35)34-11-6-8-13-36(34)40)29(3)32-16-17-37-38-15-14-30-23-31(54-44(51)48-21-9-20-47)18-19-46(30,4)41(38)24-39(37)28(32)2/h5-8,10-14,16-17,27,29,31,38,40-43,50H,9,15,18-26,47H2,1-4H3,(H,48,51)/t27-,29-,31-,38-,41-,42+,43-,46-/m0/s1. The average Bonchev–Trinajstić information content (AvgIpc) is 3.71. The highest BCUT2D eigenvalue weighted by Crippen LogP contribution is 2.60. The first-order valence-corrected chi connectivity index (χ1v) is 20.3. The van der Waals surface area contributed by atoms with Gasteiger partial charge in [-0.25, -0.2) is 9.59 Å². The minimum absolute atomic E-state index is 0.0164. The molecule has 0 spiro atoms. The third-order valence-corrected chi connectivity index (χ3v) is 14.0. The SMILES string of the molecule is Cc1c([C@H](C)[C@H]2[C@H](O)C[C@H](C)CN2C(=O)OCC2c3ccccc3-c3ccccc32)ccc2c1C[C@H]1[C@H]2CC=C2C[C@@H](OC(=O)NCCCN)CC[C@@]21C. The molecule has 8 heteroatoms. The Hall–Kier alpha value is -4.14. The molecule has 0 bridgehead atoms. The number of piperidine rings is 1. The number of hydrogen-bond acceptors (Lipinski definition) is 6. The molecule has 3 aromatic rings. The van der Waals surface area contributed by atoms with Gasteiger partial charge in [0.1, 0.15) is 12.7 Å². The van der Waals surface area contributed by atoms with Crippen molar-refractivity contribution in [1.29, 1.82) is 0 Å². The van der Waals surface area contributed by atoms with Crippen molar-refractivity contribution in [3.63, 3.8) is 0 Å². The van der Waals surface area contributed by atoms with Crippen LogP contribution in [0.15, 0.2) is 72.3 Å². The number of alkyl carbamates (subject to hydrolysis) is 1. The summed E-state index contributed by atoms with van der Waals surface area (Å²) in [5.41, 5.74) is 17.3. The van der Waals surface area contributed by atoms with Crippen LogP contribution in [0.2, 0.25) is 0 Å². The summed E-state index contributed by atoms with van der Waals surface area (Å²) in [6.07, 6.45) is 7.09. The Morgan fingerprint density at radius 3 is 2.48 bits per heavy atom. The summed E-state index contributed by atoms with van der Waals surface area (Å²) in [5.74, 6) is 1.04. The van der Waals surface area contributed by atoms with Gasteiger partial charge in [0.05, 0.1) is 12.1 Å². The van der Waals surface area contributed by atoms with Gasteiger partial charge in [-0.15, -0.1) is 0 Å². The van der Waals surface area contributed by atoms with Gasteiger partial charge in [0.15, 0.2) is 0 Å². The Bertz CT molecular complexity index is 1900. The molecule has 4 N–H and O–H groups in total. The van der Waals surface area contributed by atoms with Crippen molar-refractivity contribution >= 4 is 12.2 Å². The molecule has 1 saturated heterocycles. The summed E-state index contributed by atoms with van der Waals surface area (Å²) < 4.78 is 12.1. The lowest BCUT2D eigenvalue weighted by molar-refractivity contribution is -0.0210. The highest BCUT2D eigenvalue weighted by Gasteiger charge is 2.51. The molecule has 3 aromatic carbocycles. The van der Waals surface area contributed by atoms with Crippen LogP contribution in [-0.4, -0.2) is 66.7 Å². The molecule has 0 aromatic heterocycles. The van der Waals surface area contributed by atoms with E-state index in [1.165, 1.54) is 50.1 Å². The first-order valence-electron chi connectivity index (χ1n) is 20.3. The molecule has 286 valence electrons. The predicted molar refractivity (Wildman–Crippen MR) is 211 cm³/mol. The molecule has 54 heavy (non-hydrogen) atoms. The number of rotatable bonds is 8. The number of nitrogens with two attached hydrogens (primary N) is 1. The van der Waals surface area contributed by atoms with Crippen LogP contribution in [0.5, 0.6) is 0 Å². The van der Waals surface area contributed by atoms with Crippen molar-refractivity contribution in [2.75, 3.05) is 26.2 Å². The van der Waals surface area contributed by atoms with Crippen LogP contribution >= 0.6 is 0 Å². The van der Waals surface area contributed by atoms with Gasteiger partial charge >= 0.3 is 12.2 Å². The number of ether oxygens (including phenoxy) is 2. The van der Waals surface area contributed by atoms with E-state index in [2.05, 4.69) is 99.8 Å². The number of allylic oxidation sites excluding steroid dienone is 1. The maximum absolute atomic E-state index is 14.1. The summed E-state index contributed by atoms with van der Waals surface area (Å²) in [7, 11) is 0. The molecule has 2 fully saturated rings. The zero-order valence-corrected chi connectivity index (χ0v) is 32.4. The van der Waals surface area contributed by atoms with Crippen LogP contribution in [0.4, 0.5) is 9.59 Å². The Morgan fingerprint density at radius 2 is 1.76 bits per heavy atom. The smallest absolute Gasteiger partial charge is 0.410 e. The number of benzene rings is 3. The zero-order valence-electron chi connectivity index (χ0n) is 32.4. The second-order valence-electron chi connectivity index (χ2n) is 17.1. The Kier molecular flexibility index (Phi) is 10.1. The molecule has 1 heterocycles. The summed E-state index contributed by atoms with van der Waals surface area (Å²) >= 11 is 0. The molecule has 2 amide bonds. The average molecular weight is 732 g/mol. The van der Waals surface area contributed by atoms with Gasteiger partial charge in [0.2, 0.25) is 0 Å². The number of nitrogens with zero attached hydrogens (tertiary/aromatic N) is 1. The van der Waals surface area contributed by atoms with E-state index in [1.54, 1.807) is 0 Å². The molecular formula is C46H57N3O5. The molecule has 5 aliphatic rings. The number of carbonyl (C=O) groups is 2. The second-order valence-corrected chi connectivity index (χ2v) is 17.1. The van der Waals surface area contributed by atoms with E-state index in [9.17, 15) is 14.7 Å². The van der Waals surface area contributed by atoms with Crippen LogP contribution in [-0.2, 0) is 15.9 Å². The molecule has 8 atom stereocenters. The van der Waals surface area contributed by atoms with Gasteiger partial charge in [-0.3, -0.25) is 0 Å². The predicted octanol–water partition coefficient (Wildman–Crippen LogP) is 8.34. The highest BCUT2D eigenvalue weighted by atomic mass is 16.6. The van der Waals surface area contributed by atoms with Crippen LogP contribution in [0, 0.1) is 24.2 Å². The minimum Gasteiger partial charge on any atom is -0.448 e. The number of nitrogens with one attached hydrogen (secondary N) is 1. The van der Waals surface area contributed by atoms with Gasteiger partial charge < -0.3 is 30.5 Å². The van der Waals surface area contributed by atoms with Crippen LogP contribution in [0.3, 0.4) is 0 Å². The lowest BCUT2D eigenvalue weighted by atomic mass is 9.57. The van der Waals surface area contributed by atoms with Gasteiger partial charge in [0, 0.05) is 31.3 Å². The number of aliphatic hydroxyl groups excluding tert-OH is 1. The minimum atomic E-state index is -0.648. The van der Waals surface area contributed by atoms with E-state index in [0.717, 1.165) is 38.5 Å². The maximum Gasteiger partial charge on any atom is 0.410 e. The van der Waals surface area contributed by atoms with Gasteiger partial charge in [0.25, 0.3) is 0 Å². The zero-order chi connectivity index (χ0) is 37.7. The van der Waals surface area contributed by atoms with E-state index >= 15 is 0 Å². The van der Waals surface area contributed by atoms with Crippen molar-refractivity contribution in [2.24, 2.45) is 23.0 Å². The van der Waals surface area contributed by atoms with Crippen molar-refractivity contribution in [3.05, 3.63) is 106 Å². The number of hydrogen-bond donors (Lipinski definition) is 3. The molecular weight excluding hydrogens is 675 g/mol. The summed E-state index contributed by atoms with van der Waals surface area (Å²) in [4.78, 5) is 28.4. The summed E-state index contributed by atoms with van der Waals surface area (Å²) in [6.45, 7) is 10.9. The van der Waals surface area contributed by atoms with Crippen LogP contribution in [0.1, 0.15) is 110 Å². The van der Waals surface area contributed by atoms with E-state index in [-0.39, 0.29) is 54.1 Å². The fraction of sp³-hybridized carbons (Fsp3) is 0.522. The number of amides is 2. The molecule has 1 saturated carbocycles. The highest BCUT2D eigenvalue weighted by molar-refractivity contribution is 5.79. The number of fused-ring (bicyclic) bond motifs is 8. The monoisotopic (exact) mass is 731 g/mol. The van der Waals surface area contributed by atoms with E-state index in [0.29, 0.717) is 37.9 Å². The first-order chi connectivity index (χ1) is 26.1. The number of aliphatic hydroxyl groups is 1. The van der Waals surface area contributed by atoms with Crippen LogP contribution in [0.25, 0.3) is 11.1 Å². The molecule has 0 unspecified atom stereocenters. The quantitative estimate of drug-likeness (QED) is 0.159. The maximum atomic E-state index is 14.1. The Labute approximate surface area is 320 Å². The van der Waals surface area contributed by atoms with Crippen molar-refractivity contribution in [3.8, 4) is 11.1 Å². The van der Waals surface area contributed by atoms with E-state index in [4.69, 9.17) is 15.2 Å². The lowest BCUT2D eigenvalue weighted by Gasteiger charge is -2.48.